The lowest BCUT2D eigenvalue weighted by Crippen LogP contribution is -2.10. The van der Waals surface area contributed by atoms with Gasteiger partial charge in [-0.3, -0.25) is 4.57 Å². The summed E-state index contributed by atoms with van der Waals surface area (Å²) < 4.78 is 115. The molecule has 0 aliphatic carbocycles. The molecule has 0 aliphatic heterocycles. The number of rotatable bonds is 46. The molecule has 11 aromatic rings. The summed E-state index contributed by atoms with van der Waals surface area (Å²) in [5, 5.41) is 10.2. The van der Waals surface area contributed by atoms with Crippen LogP contribution in [-0.4, -0.2) is 246 Å². The third-order valence-corrected chi connectivity index (χ3v) is 21.2. The Kier molecular flexibility index (Phi) is 60.9. The van der Waals surface area contributed by atoms with Crippen LogP contribution in [0.15, 0.2) is 147 Å². The topological polar surface area (TPSA) is 346 Å². The van der Waals surface area contributed by atoms with E-state index in [2.05, 4.69) is 81.6 Å². The van der Waals surface area contributed by atoms with Crippen LogP contribution < -0.4 is 54.3 Å². The van der Waals surface area contributed by atoms with E-state index >= 15 is 0 Å². The predicted octanol–water partition coefficient (Wildman–Crippen LogP) is 21.7. The third kappa shape index (κ3) is 45.4. The Bertz CT molecular complexity index is 5330. The van der Waals surface area contributed by atoms with E-state index in [1.807, 2.05) is 114 Å². The van der Waals surface area contributed by atoms with E-state index in [1.165, 1.54) is 25.3 Å². The number of anilines is 5. The van der Waals surface area contributed by atoms with E-state index in [9.17, 15) is 4.57 Å². The summed E-state index contributed by atoms with van der Waals surface area (Å²) in [6, 6.07) is 36.6. The average Bonchev–Trinajstić information content (AvgIpc) is 0.792. The van der Waals surface area contributed by atoms with Crippen molar-refractivity contribution >= 4 is 162 Å². The fourth-order valence-electron chi connectivity index (χ4n) is 10.6. The molecule has 11 rings (SSSR count). The van der Waals surface area contributed by atoms with Crippen molar-refractivity contribution < 1.29 is 94.7 Å². The smallest absolute Gasteiger partial charge is 0.334 e. The number of ether oxygens (including phenoxy) is 13. The summed E-state index contributed by atoms with van der Waals surface area (Å²) in [7, 11) is 3.51. The molecule has 4 aromatic heterocycles. The summed E-state index contributed by atoms with van der Waals surface area (Å²) in [5.41, 5.74) is 12.9. The van der Waals surface area contributed by atoms with Crippen molar-refractivity contribution in [1.82, 2.24) is 39.9 Å². The van der Waals surface area contributed by atoms with Crippen LogP contribution in [0.2, 0.25) is 10.3 Å². The number of hydrogen-bond donors (Lipinski definition) is 3. The summed E-state index contributed by atoms with van der Waals surface area (Å²) >= 11 is 28.9. The van der Waals surface area contributed by atoms with Crippen LogP contribution in [0.25, 0.3) is 43.6 Å². The van der Waals surface area contributed by atoms with Crippen LogP contribution in [0.5, 0.6) is 46.0 Å². The predicted molar refractivity (Wildman–Crippen MR) is 542 cm³/mol. The Morgan fingerprint density at radius 3 is 0.962 bits per heavy atom. The summed E-state index contributed by atoms with van der Waals surface area (Å²) in [4.78, 5) is 33.8. The van der Waals surface area contributed by atoms with E-state index < -0.39 is 16.2 Å². The molecule has 0 spiro atoms. The molecular formula is C93H122Cl5N11O20P4. The molecule has 4 N–H and O–H groups in total. The number of nitrogens with zero attached hydrogens (tertiary/aromatic N) is 8. The van der Waals surface area contributed by atoms with Gasteiger partial charge in [-0.1, -0.05) is 70.4 Å². The minimum atomic E-state index is -3.25. The maximum absolute atomic E-state index is 12.8. The van der Waals surface area contributed by atoms with Gasteiger partial charge >= 0.3 is 16.2 Å². The summed E-state index contributed by atoms with van der Waals surface area (Å²) in [5.74, 6) is 14.1. The number of nitrogens with two attached hydrogens (primary N) is 1. The van der Waals surface area contributed by atoms with Gasteiger partial charge in [-0.2, -0.15) is 0 Å². The molecule has 0 atom stereocenters. The highest BCUT2D eigenvalue weighted by Crippen LogP contribution is 2.48. The van der Waals surface area contributed by atoms with Gasteiger partial charge in [0.1, 0.15) is 93.5 Å². The Balaban J connectivity index is 0.000000422. The van der Waals surface area contributed by atoms with Crippen molar-refractivity contribution in [1.29, 1.82) is 0 Å². The molecule has 7 aromatic carbocycles. The van der Waals surface area contributed by atoms with Crippen LogP contribution >= 0.6 is 89.3 Å². The van der Waals surface area contributed by atoms with E-state index in [4.69, 9.17) is 171 Å². The van der Waals surface area contributed by atoms with Gasteiger partial charge < -0.3 is 105 Å². The van der Waals surface area contributed by atoms with Crippen LogP contribution in [0.1, 0.15) is 59.7 Å². The standard InChI is InChI=1S/C25H30N3O6P.C21H20ClN3O3.C14H17ClN2O4.C13H14Cl2N2O3.C8H7N.C6H15O3P.C4H11OP.C2H6ClP.H2/c1-5-19-9-8-10-20(15-19)28-25-21-16-23(32-13-14-35(29,33-6-2)34-7-3)24(31-12-11-30-4)17-22(21)26-18-27-25;1-3-15-5-4-6-16(11-15)25-21-17-12-19(27-8-7-22)20(28-10-9-26-2)13-18(17)23-14-24-21;1-18-3-5-20-12-7-10-11(16-9-17-14(10)15)8-13(12)21-6-4-19-2;1-18-4-5-20-12-7-10-9(13(15)17-8-16-10)6-11(12)19-3-2-14;1-2-7-4-3-5-8(9)6-7;1-4-7-10(8-5-2)9-6-3;1-4-5-6(2)3;1-4(2)3;/h1,8-10,15-18H,6-7,11-14H2,2-4H3,(H,26,27,28);1,4-6,11-14H,7-10H2,2H3,(H,23,24,25);7-9H,3-6H2,1-2H3;6-8H,2-5H2,1H3;1,3-6H,9H2;4-6H2,1-3H3;4H2,1-3H3;1-2H3;1H/i;;;;;;;;1+1. The molecule has 0 amide bonds. The number of hydrogen-bond acceptors (Lipinski definition) is 31. The Morgan fingerprint density at radius 1 is 0.383 bits per heavy atom. The lowest BCUT2D eigenvalue weighted by molar-refractivity contribution is 0.132. The second kappa shape index (κ2) is 69.7. The van der Waals surface area contributed by atoms with Gasteiger partial charge in [-0.15, -0.1) is 42.5 Å². The lowest BCUT2D eigenvalue weighted by atomic mass is 10.2. The zero-order valence-electron chi connectivity index (χ0n) is 77.6. The number of fused-ring (bicyclic) bond motifs is 4. The highest BCUT2D eigenvalue weighted by atomic mass is 35.7. The molecule has 133 heavy (non-hydrogen) atoms. The first-order chi connectivity index (χ1) is 64.4. The van der Waals surface area contributed by atoms with Gasteiger partial charge in [0.05, 0.1) is 113 Å². The number of alkyl halides is 2. The number of terminal acetylenes is 3. The Morgan fingerprint density at radius 2 is 0.677 bits per heavy atom. The fourth-order valence-corrected chi connectivity index (χ4v) is 13.9. The van der Waals surface area contributed by atoms with E-state index in [0.29, 0.717) is 217 Å². The van der Waals surface area contributed by atoms with Crippen molar-refractivity contribution in [2.75, 3.05) is 222 Å². The van der Waals surface area contributed by atoms with Gasteiger partial charge in [0.25, 0.3) is 0 Å². The molecule has 0 radical (unpaired) electrons. The van der Waals surface area contributed by atoms with Crippen molar-refractivity contribution in [2.45, 2.75) is 41.5 Å². The molecule has 4 heterocycles. The van der Waals surface area contributed by atoms with Crippen molar-refractivity contribution in [3.63, 3.8) is 0 Å². The quantitative estimate of drug-likeness (QED) is 0.00796. The first-order valence-corrected chi connectivity index (χ1v) is 51.7. The third-order valence-electron chi connectivity index (χ3n) is 16.1. The fraction of sp³-hybridized carbons (Fsp3) is 0.398. The first kappa shape index (κ1) is 116. The largest absolute Gasteiger partial charge is 0.489 e. The van der Waals surface area contributed by atoms with Gasteiger partial charge in [-0.25, -0.2) is 39.9 Å². The molecule has 0 unspecified atom stereocenters. The number of benzene rings is 7. The zero-order chi connectivity index (χ0) is 97.4. The lowest BCUT2D eigenvalue weighted by Gasteiger charge is -2.18. The van der Waals surface area contributed by atoms with Crippen LogP contribution in [0.4, 0.5) is 28.7 Å². The van der Waals surface area contributed by atoms with Crippen molar-refractivity contribution in [3.05, 3.63) is 174 Å². The maximum atomic E-state index is 12.8. The molecule has 0 fully saturated rings. The molecule has 0 saturated carbocycles. The van der Waals surface area contributed by atoms with Gasteiger partial charge in [-0.05, 0) is 154 Å². The van der Waals surface area contributed by atoms with Crippen LogP contribution in [0, 0.1) is 37.0 Å². The number of methoxy groups -OCH3 is 5. The monoisotopic (exact) mass is 2010 g/mol. The molecule has 0 aliphatic rings. The average molecular weight is 2020 g/mol. The maximum Gasteiger partial charge on any atom is 0.334 e. The number of aromatic nitrogens is 8. The minimum absolute atomic E-state index is 0. The Labute approximate surface area is 811 Å². The minimum Gasteiger partial charge on any atom is -0.489 e. The first-order valence-electron chi connectivity index (χ1n) is 41.7. The number of halogens is 5. The summed E-state index contributed by atoms with van der Waals surface area (Å²) in [6.07, 6.45) is 22.0. The number of nitrogens with one attached hydrogen (secondary N) is 2. The van der Waals surface area contributed by atoms with Crippen LogP contribution in [0.3, 0.4) is 0 Å². The molecule has 0 saturated heterocycles. The second-order valence-corrected chi connectivity index (χ2v) is 36.7. The highest BCUT2D eigenvalue weighted by Gasteiger charge is 2.25. The van der Waals surface area contributed by atoms with E-state index in [1.54, 1.807) is 97.9 Å². The molecule has 40 heteroatoms. The second-order valence-electron chi connectivity index (χ2n) is 26.3. The van der Waals surface area contributed by atoms with Crippen molar-refractivity contribution in [2.24, 2.45) is 0 Å². The molecule has 724 valence electrons. The van der Waals surface area contributed by atoms with Gasteiger partial charge in [0.2, 0.25) is 0 Å². The number of nitrogen functional groups attached to an aromatic ring is 1. The normalized spacial score (nSPS) is 10.6. The zero-order valence-corrected chi connectivity index (χ0v) is 85.0. The molecule has 0 bridgehead atoms. The van der Waals surface area contributed by atoms with Gasteiger partial charge in [0.15, 0.2) is 46.0 Å². The van der Waals surface area contributed by atoms with E-state index in [-0.39, 0.29) is 42.8 Å². The molecular weight excluding hydrogens is 1890 g/mol. The summed E-state index contributed by atoms with van der Waals surface area (Å²) in [6.45, 7) is 28.0. The van der Waals surface area contributed by atoms with E-state index in [0.717, 1.165) is 45.6 Å². The Hall–Kier alpha value is -9.09. The highest BCUT2D eigenvalue weighted by molar-refractivity contribution is 7.82. The molecule has 31 nitrogen and oxygen atoms in total. The SMILES string of the molecule is C#Cc1cccc(N)c1.C#Cc1cccc(Nc2ncnc3cc(OCCOC)c(OCCCl)cc23)c1.C#Cc1cccc(Nc2ncnc3cc(OCCOC)c(OCCP(=O)(OCC)OCC)cc23)c1.CCOP(C)C.CCOP(OCC)OCC.COCCOc1cc2ncnc(Cl)c2cc1OCCCl.COCCOc1cc2ncnc(Cl)c2cc1OCCOC.CP(C)Cl.[2HH]. The van der Waals surface area contributed by atoms with Gasteiger partial charge in [0, 0.05) is 131 Å². The van der Waals surface area contributed by atoms with Crippen LogP contribution in [-0.2, 0) is 55.4 Å². The van der Waals surface area contributed by atoms with Crippen molar-refractivity contribution in [3.8, 4) is 83.0 Å².